The van der Waals surface area contributed by atoms with E-state index in [-0.39, 0.29) is 5.91 Å². The van der Waals surface area contributed by atoms with Gasteiger partial charge in [0.25, 0.3) is 5.91 Å². The molecule has 20 heavy (non-hydrogen) atoms. The Hall–Kier alpha value is -1.51. The first-order valence-electron chi connectivity index (χ1n) is 7.55. The zero-order valence-electron chi connectivity index (χ0n) is 13.0. The van der Waals surface area contributed by atoms with Gasteiger partial charge in [-0.15, -0.1) is 0 Å². The van der Waals surface area contributed by atoms with Crippen molar-refractivity contribution in [2.75, 3.05) is 19.4 Å². The van der Waals surface area contributed by atoms with Crippen LogP contribution in [0, 0.1) is 11.8 Å². The summed E-state index contributed by atoms with van der Waals surface area (Å²) in [6, 6.07) is 8.37. The second kappa shape index (κ2) is 6.29. The normalized spacial score (nSPS) is 26.1. The van der Waals surface area contributed by atoms with Gasteiger partial charge in [-0.1, -0.05) is 26.3 Å². The fourth-order valence-electron chi connectivity index (χ4n) is 2.95. The number of anilines is 1. The zero-order valence-corrected chi connectivity index (χ0v) is 13.0. The summed E-state index contributed by atoms with van der Waals surface area (Å²) in [4.78, 5) is 13.6. The molecule has 0 saturated heterocycles. The highest BCUT2D eigenvalue weighted by Crippen LogP contribution is 2.30. The Kier molecular flexibility index (Phi) is 4.69. The average Bonchev–Trinajstić information content (AvgIpc) is 2.42. The Morgan fingerprint density at radius 2 is 2.00 bits per heavy atom. The molecule has 1 saturated carbocycles. The number of nitrogens with one attached hydrogen (secondary N) is 1. The molecule has 0 aromatic heterocycles. The van der Waals surface area contributed by atoms with E-state index in [0.29, 0.717) is 12.0 Å². The van der Waals surface area contributed by atoms with Crippen LogP contribution in [-0.4, -0.2) is 30.9 Å². The molecule has 1 fully saturated rings. The van der Waals surface area contributed by atoms with Crippen molar-refractivity contribution in [3.8, 4) is 0 Å². The number of hydrogen-bond donors (Lipinski definition) is 1. The van der Waals surface area contributed by atoms with Crippen LogP contribution in [0.5, 0.6) is 0 Å². The summed E-state index contributed by atoms with van der Waals surface area (Å²) >= 11 is 0. The lowest BCUT2D eigenvalue weighted by molar-refractivity contribution is 0.0827. The van der Waals surface area contributed by atoms with Gasteiger partial charge in [-0.2, -0.15) is 0 Å². The predicted molar refractivity (Wildman–Crippen MR) is 84.0 cm³/mol. The van der Waals surface area contributed by atoms with Crippen molar-refractivity contribution in [2.45, 2.75) is 39.2 Å². The van der Waals surface area contributed by atoms with E-state index < -0.39 is 0 Å². The van der Waals surface area contributed by atoms with E-state index in [4.69, 9.17) is 0 Å². The molecule has 110 valence electrons. The van der Waals surface area contributed by atoms with Crippen LogP contribution < -0.4 is 5.32 Å². The van der Waals surface area contributed by atoms with Crippen molar-refractivity contribution >= 4 is 11.6 Å². The molecule has 1 N–H and O–H groups in total. The molecule has 0 aliphatic heterocycles. The number of hydrogen-bond acceptors (Lipinski definition) is 2. The van der Waals surface area contributed by atoms with Crippen molar-refractivity contribution in [1.82, 2.24) is 4.90 Å². The lowest BCUT2D eigenvalue weighted by Crippen LogP contribution is -2.33. The van der Waals surface area contributed by atoms with E-state index in [0.717, 1.165) is 17.2 Å². The highest BCUT2D eigenvalue weighted by atomic mass is 16.2. The molecule has 1 amide bonds. The smallest absolute Gasteiger partial charge is 0.253 e. The van der Waals surface area contributed by atoms with Crippen LogP contribution in [0.1, 0.15) is 43.5 Å². The minimum atomic E-state index is 0.0544. The molecule has 3 nitrogen and oxygen atoms in total. The number of amides is 1. The van der Waals surface area contributed by atoms with E-state index in [1.807, 2.05) is 18.2 Å². The van der Waals surface area contributed by atoms with Crippen LogP contribution in [-0.2, 0) is 0 Å². The predicted octanol–water partition coefficient (Wildman–Crippen LogP) is 3.63. The number of carbonyl (C=O) groups is 1. The summed E-state index contributed by atoms with van der Waals surface area (Å²) in [5, 5.41) is 3.62. The number of carbonyl (C=O) groups excluding carboxylic acids is 1. The Morgan fingerprint density at radius 1 is 1.25 bits per heavy atom. The Labute approximate surface area is 122 Å². The second-order valence-corrected chi connectivity index (χ2v) is 6.43. The van der Waals surface area contributed by atoms with Gasteiger partial charge in [0.05, 0.1) is 0 Å². The number of rotatable bonds is 3. The molecule has 2 rings (SSSR count). The van der Waals surface area contributed by atoms with Crippen molar-refractivity contribution in [3.63, 3.8) is 0 Å². The highest BCUT2D eigenvalue weighted by Gasteiger charge is 2.25. The minimum Gasteiger partial charge on any atom is -0.382 e. The third-order valence-electron chi connectivity index (χ3n) is 4.33. The van der Waals surface area contributed by atoms with Gasteiger partial charge in [-0.3, -0.25) is 4.79 Å². The molecule has 3 heteroatoms. The zero-order chi connectivity index (χ0) is 14.7. The largest absolute Gasteiger partial charge is 0.382 e. The van der Waals surface area contributed by atoms with Gasteiger partial charge in [0.15, 0.2) is 0 Å². The molecule has 0 radical (unpaired) electrons. The van der Waals surface area contributed by atoms with Crippen LogP contribution in [0.15, 0.2) is 24.3 Å². The summed E-state index contributed by atoms with van der Waals surface area (Å²) in [5.41, 5.74) is 1.81. The Bertz CT molecular complexity index is 470. The third-order valence-corrected chi connectivity index (χ3v) is 4.33. The number of benzene rings is 1. The summed E-state index contributed by atoms with van der Waals surface area (Å²) in [5.74, 6) is 1.54. The first-order valence-corrected chi connectivity index (χ1v) is 7.55. The standard InChI is InChI=1S/C17H26N2O/c1-12-8-9-13(2)16(10-12)18-15-7-5-6-14(11-15)17(20)19(3)4/h5-7,11-13,16,18H,8-10H2,1-4H3. The Balaban J connectivity index is 2.09. The molecule has 0 spiro atoms. The Morgan fingerprint density at radius 3 is 2.70 bits per heavy atom. The lowest BCUT2D eigenvalue weighted by Gasteiger charge is -2.34. The van der Waals surface area contributed by atoms with Crippen molar-refractivity contribution in [3.05, 3.63) is 29.8 Å². The first kappa shape index (κ1) is 14.9. The van der Waals surface area contributed by atoms with E-state index in [2.05, 4.69) is 25.2 Å². The molecule has 1 aromatic rings. The van der Waals surface area contributed by atoms with E-state index in [1.54, 1.807) is 19.0 Å². The van der Waals surface area contributed by atoms with E-state index >= 15 is 0 Å². The van der Waals surface area contributed by atoms with Crippen molar-refractivity contribution in [1.29, 1.82) is 0 Å². The molecule has 1 aromatic carbocycles. The van der Waals surface area contributed by atoms with Crippen LogP contribution in [0.25, 0.3) is 0 Å². The maximum atomic E-state index is 12.0. The third kappa shape index (κ3) is 3.53. The van der Waals surface area contributed by atoms with Crippen molar-refractivity contribution < 1.29 is 4.79 Å². The van der Waals surface area contributed by atoms with Gasteiger partial charge >= 0.3 is 0 Å². The van der Waals surface area contributed by atoms with Crippen LogP contribution >= 0.6 is 0 Å². The summed E-state index contributed by atoms with van der Waals surface area (Å²) in [7, 11) is 3.57. The molecule has 0 bridgehead atoms. The average molecular weight is 274 g/mol. The van der Waals surface area contributed by atoms with Crippen molar-refractivity contribution in [2.24, 2.45) is 11.8 Å². The van der Waals surface area contributed by atoms with Crippen LogP contribution in [0.3, 0.4) is 0 Å². The minimum absolute atomic E-state index is 0.0544. The molecule has 1 aliphatic rings. The van der Waals surface area contributed by atoms with Gasteiger partial charge in [-0.25, -0.2) is 0 Å². The van der Waals surface area contributed by atoms with Gasteiger partial charge in [0, 0.05) is 31.4 Å². The van der Waals surface area contributed by atoms with E-state index in [9.17, 15) is 4.79 Å². The van der Waals surface area contributed by atoms with Gasteiger partial charge in [0.2, 0.25) is 0 Å². The fraction of sp³-hybridized carbons (Fsp3) is 0.588. The maximum absolute atomic E-state index is 12.0. The van der Waals surface area contributed by atoms with Crippen LogP contribution in [0.4, 0.5) is 5.69 Å². The molecular weight excluding hydrogens is 248 g/mol. The monoisotopic (exact) mass is 274 g/mol. The highest BCUT2D eigenvalue weighted by molar-refractivity contribution is 5.94. The summed E-state index contributed by atoms with van der Waals surface area (Å²) in [6.07, 6.45) is 3.83. The van der Waals surface area contributed by atoms with Gasteiger partial charge < -0.3 is 10.2 Å². The molecule has 0 heterocycles. The molecule has 3 atom stereocenters. The molecule has 1 aliphatic carbocycles. The van der Waals surface area contributed by atoms with E-state index in [1.165, 1.54) is 19.3 Å². The number of nitrogens with zero attached hydrogens (tertiary/aromatic N) is 1. The first-order chi connectivity index (χ1) is 9.47. The fourth-order valence-corrected chi connectivity index (χ4v) is 2.95. The van der Waals surface area contributed by atoms with Gasteiger partial charge in [0.1, 0.15) is 0 Å². The quantitative estimate of drug-likeness (QED) is 0.913. The summed E-state index contributed by atoms with van der Waals surface area (Å²) in [6.45, 7) is 4.64. The second-order valence-electron chi connectivity index (χ2n) is 6.43. The molecular formula is C17H26N2O. The maximum Gasteiger partial charge on any atom is 0.253 e. The topological polar surface area (TPSA) is 32.3 Å². The summed E-state index contributed by atoms with van der Waals surface area (Å²) < 4.78 is 0. The van der Waals surface area contributed by atoms with Gasteiger partial charge in [-0.05, 0) is 42.9 Å². The van der Waals surface area contributed by atoms with Crippen LogP contribution in [0.2, 0.25) is 0 Å². The molecule has 3 unspecified atom stereocenters. The lowest BCUT2D eigenvalue weighted by atomic mass is 9.80. The SMILES string of the molecule is CC1CCC(C)C(Nc2cccc(C(=O)N(C)C)c2)C1.